The number of ether oxygens (including phenoxy) is 2. The molecule has 0 bridgehead atoms. The van der Waals surface area contributed by atoms with Crippen LogP contribution in [-0.2, 0) is 14.8 Å². The fourth-order valence-electron chi connectivity index (χ4n) is 4.05. The lowest BCUT2D eigenvalue weighted by Gasteiger charge is -2.26. The van der Waals surface area contributed by atoms with Gasteiger partial charge in [0.15, 0.2) is 0 Å². The van der Waals surface area contributed by atoms with Crippen molar-refractivity contribution in [2.75, 3.05) is 33.4 Å². The molecule has 170 valence electrons. The standard InChI is InChI=1S/C24H28N2O5S/c1-30-24(27)19-6-9-22(10-7-19)32(28,29)26-16-12-20-18-21(8-11-23(20)26)31-17-5-15-25-13-3-2-4-14-25/h6-12,16,18H,2-5,13-15,17H2,1H3. The zero-order chi connectivity index (χ0) is 22.6. The van der Waals surface area contributed by atoms with Crippen molar-refractivity contribution >= 4 is 26.9 Å². The van der Waals surface area contributed by atoms with Crippen molar-refractivity contribution in [3.05, 3.63) is 60.3 Å². The summed E-state index contributed by atoms with van der Waals surface area (Å²) in [5.74, 6) is 0.220. The van der Waals surface area contributed by atoms with Crippen molar-refractivity contribution in [3.63, 3.8) is 0 Å². The molecule has 2 aromatic carbocycles. The van der Waals surface area contributed by atoms with Crippen molar-refractivity contribution in [1.29, 1.82) is 0 Å². The number of piperidine rings is 1. The van der Waals surface area contributed by atoms with Gasteiger partial charge in [-0.25, -0.2) is 17.2 Å². The summed E-state index contributed by atoms with van der Waals surface area (Å²) in [7, 11) is -2.52. The number of fused-ring (bicyclic) bond motifs is 1. The van der Waals surface area contributed by atoms with Crippen molar-refractivity contribution in [2.24, 2.45) is 0 Å². The van der Waals surface area contributed by atoms with Crippen molar-refractivity contribution in [1.82, 2.24) is 8.87 Å². The number of rotatable bonds is 8. The molecular formula is C24H28N2O5S. The van der Waals surface area contributed by atoms with E-state index in [9.17, 15) is 13.2 Å². The molecule has 0 N–H and O–H groups in total. The van der Waals surface area contributed by atoms with Gasteiger partial charge in [-0.3, -0.25) is 0 Å². The first-order valence-electron chi connectivity index (χ1n) is 10.9. The SMILES string of the molecule is COC(=O)c1ccc(S(=O)(=O)n2ccc3cc(OCCCN4CCCCC4)ccc32)cc1. The topological polar surface area (TPSA) is 77.8 Å². The Kier molecular flexibility index (Phi) is 6.81. The summed E-state index contributed by atoms with van der Waals surface area (Å²) < 4.78 is 38.0. The molecule has 2 heterocycles. The summed E-state index contributed by atoms with van der Waals surface area (Å²) in [6, 6.07) is 12.9. The van der Waals surface area contributed by atoms with Crippen LogP contribution < -0.4 is 4.74 Å². The van der Waals surface area contributed by atoms with Gasteiger partial charge in [-0.1, -0.05) is 6.42 Å². The Bertz CT molecular complexity index is 1180. The lowest BCUT2D eigenvalue weighted by molar-refractivity contribution is 0.0600. The van der Waals surface area contributed by atoms with Crippen LogP contribution in [0, 0.1) is 0 Å². The molecular weight excluding hydrogens is 428 g/mol. The van der Waals surface area contributed by atoms with Crippen LogP contribution in [0.3, 0.4) is 0 Å². The van der Waals surface area contributed by atoms with Gasteiger partial charge in [0, 0.05) is 18.1 Å². The number of hydrogen-bond donors (Lipinski definition) is 0. The van der Waals surface area contributed by atoms with E-state index in [0.29, 0.717) is 17.7 Å². The minimum absolute atomic E-state index is 0.0979. The lowest BCUT2D eigenvalue weighted by Crippen LogP contribution is -2.31. The Morgan fingerprint density at radius 1 is 1.00 bits per heavy atom. The number of methoxy groups -OCH3 is 1. The number of carbonyl (C=O) groups excluding carboxylic acids is 1. The van der Waals surface area contributed by atoms with Crippen molar-refractivity contribution in [2.45, 2.75) is 30.6 Å². The summed E-state index contributed by atoms with van der Waals surface area (Å²) in [6.07, 6.45) is 6.41. The molecule has 1 fully saturated rings. The van der Waals surface area contributed by atoms with Crippen LogP contribution in [0.15, 0.2) is 59.6 Å². The van der Waals surface area contributed by atoms with Gasteiger partial charge in [0.25, 0.3) is 10.0 Å². The Morgan fingerprint density at radius 2 is 1.75 bits per heavy atom. The molecule has 0 spiro atoms. The smallest absolute Gasteiger partial charge is 0.337 e. The van der Waals surface area contributed by atoms with E-state index in [1.54, 1.807) is 18.2 Å². The van der Waals surface area contributed by atoms with Gasteiger partial charge < -0.3 is 14.4 Å². The molecule has 32 heavy (non-hydrogen) atoms. The van der Waals surface area contributed by atoms with Crippen LogP contribution >= 0.6 is 0 Å². The van der Waals surface area contributed by atoms with E-state index in [4.69, 9.17) is 4.74 Å². The minimum atomic E-state index is -3.80. The molecule has 7 nitrogen and oxygen atoms in total. The molecule has 0 atom stereocenters. The first-order valence-corrected chi connectivity index (χ1v) is 12.3. The van der Waals surface area contributed by atoms with Crippen LogP contribution in [0.2, 0.25) is 0 Å². The molecule has 4 rings (SSSR count). The average Bonchev–Trinajstić information content (AvgIpc) is 3.26. The van der Waals surface area contributed by atoms with E-state index in [1.807, 2.05) is 6.07 Å². The third kappa shape index (κ3) is 4.81. The third-order valence-corrected chi connectivity index (χ3v) is 7.50. The van der Waals surface area contributed by atoms with Gasteiger partial charge in [0.2, 0.25) is 0 Å². The highest BCUT2D eigenvalue weighted by atomic mass is 32.2. The third-order valence-electron chi connectivity index (χ3n) is 5.79. The average molecular weight is 457 g/mol. The second kappa shape index (κ2) is 9.75. The summed E-state index contributed by atoms with van der Waals surface area (Å²) >= 11 is 0. The second-order valence-electron chi connectivity index (χ2n) is 7.96. The summed E-state index contributed by atoms with van der Waals surface area (Å²) in [5, 5.41) is 0.785. The summed E-state index contributed by atoms with van der Waals surface area (Å²) in [6.45, 7) is 4.04. The van der Waals surface area contributed by atoms with Crippen molar-refractivity contribution in [3.8, 4) is 5.75 Å². The Labute approximate surface area is 188 Å². The largest absolute Gasteiger partial charge is 0.494 e. The number of likely N-dealkylation sites (tertiary alicyclic amines) is 1. The Morgan fingerprint density at radius 3 is 2.47 bits per heavy atom. The van der Waals surface area contributed by atoms with Gasteiger partial charge in [-0.05, 0) is 80.9 Å². The molecule has 8 heteroatoms. The number of aromatic nitrogens is 1. The van der Waals surface area contributed by atoms with Crippen LogP contribution in [0.4, 0.5) is 0 Å². The number of nitrogens with zero attached hydrogens (tertiary/aromatic N) is 2. The molecule has 0 radical (unpaired) electrons. The van der Waals surface area contributed by atoms with E-state index in [-0.39, 0.29) is 4.90 Å². The quantitative estimate of drug-likeness (QED) is 0.378. The van der Waals surface area contributed by atoms with E-state index in [2.05, 4.69) is 9.64 Å². The fourth-order valence-corrected chi connectivity index (χ4v) is 5.40. The lowest BCUT2D eigenvalue weighted by atomic mass is 10.1. The maximum atomic E-state index is 13.1. The first-order chi connectivity index (χ1) is 15.5. The predicted molar refractivity (Wildman–Crippen MR) is 123 cm³/mol. The highest BCUT2D eigenvalue weighted by Crippen LogP contribution is 2.26. The molecule has 1 aliphatic rings. The number of hydrogen-bond acceptors (Lipinski definition) is 6. The van der Waals surface area contributed by atoms with Crippen LogP contribution in [0.1, 0.15) is 36.0 Å². The van der Waals surface area contributed by atoms with Gasteiger partial charge >= 0.3 is 5.97 Å². The van der Waals surface area contributed by atoms with Gasteiger partial charge in [-0.15, -0.1) is 0 Å². The van der Waals surface area contributed by atoms with Crippen molar-refractivity contribution < 1.29 is 22.7 Å². The molecule has 1 aliphatic heterocycles. The number of benzene rings is 2. The number of esters is 1. The highest BCUT2D eigenvalue weighted by molar-refractivity contribution is 7.90. The highest BCUT2D eigenvalue weighted by Gasteiger charge is 2.20. The molecule has 1 aromatic heterocycles. The second-order valence-corrected chi connectivity index (χ2v) is 9.77. The van der Waals surface area contributed by atoms with E-state index >= 15 is 0 Å². The van der Waals surface area contributed by atoms with Gasteiger partial charge in [0.1, 0.15) is 5.75 Å². The van der Waals surface area contributed by atoms with E-state index in [1.165, 1.54) is 73.9 Å². The fraction of sp³-hybridized carbons (Fsp3) is 0.375. The molecule has 3 aromatic rings. The molecule has 0 amide bonds. The predicted octanol–water partition coefficient (Wildman–Crippen LogP) is 3.92. The zero-order valence-corrected chi connectivity index (χ0v) is 19.0. The monoisotopic (exact) mass is 456 g/mol. The summed E-state index contributed by atoms with van der Waals surface area (Å²) in [5.41, 5.74) is 0.869. The molecule has 0 aliphatic carbocycles. The van der Waals surface area contributed by atoms with E-state index < -0.39 is 16.0 Å². The zero-order valence-electron chi connectivity index (χ0n) is 18.2. The summed E-state index contributed by atoms with van der Waals surface area (Å²) in [4.78, 5) is 14.2. The normalized spacial score (nSPS) is 15.0. The van der Waals surface area contributed by atoms with Crippen LogP contribution in [0.5, 0.6) is 5.75 Å². The molecule has 0 unspecified atom stereocenters. The molecule has 0 saturated carbocycles. The minimum Gasteiger partial charge on any atom is -0.494 e. The number of carbonyl (C=O) groups is 1. The first kappa shape index (κ1) is 22.4. The maximum absolute atomic E-state index is 13.1. The maximum Gasteiger partial charge on any atom is 0.337 e. The van der Waals surface area contributed by atoms with Gasteiger partial charge in [-0.2, -0.15) is 0 Å². The van der Waals surface area contributed by atoms with Crippen LogP contribution in [0.25, 0.3) is 10.9 Å². The van der Waals surface area contributed by atoms with Crippen LogP contribution in [-0.4, -0.2) is 56.6 Å². The Balaban J connectivity index is 1.44. The van der Waals surface area contributed by atoms with Gasteiger partial charge in [0.05, 0.1) is 29.7 Å². The molecule has 1 saturated heterocycles. The van der Waals surface area contributed by atoms with E-state index in [0.717, 1.165) is 24.1 Å². The Hall–Kier alpha value is -2.84.